The lowest BCUT2D eigenvalue weighted by Crippen LogP contribution is -2.40. The largest absolute Gasteiger partial charge is 0.480 e. The number of hydrogen-bond acceptors (Lipinski definition) is 3. The van der Waals surface area contributed by atoms with Crippen molar-refractivity contribution in [1.29, 1.82) is 0 Å². The van der Waals surface area contributed by atoms with Crippen LogP contribution in [0.4, 0.5) is 0 Å². The van der Waals surface area contributed by atoms with E-state index < -0.39 is 6.10 Å². The summed E-state index contributed by atoms with van der Waals surface area (Å²) in [4.78, 5) is 11.1. The van der Waals surface area contributed by atoms with Crippen LogP contribution in [0.1, 0.15) is 12.5 Å². The molecule has 0 saturated carbocycles. The minimum atomic E-state index is -0.617. The molecule has 0 aliphatic carbocycles. The summed E-state index contributed by atoms with van der Waals surface area (Å²) in [6.45, 7) is 3.61. The van der Waals surface area contributed by atoms with Crippen LogP contribution >= 0.6 is 15.9 Å². The normalized spacial score (nSPS) is 12.0. The highest BCUT2D eigenvalue weighted by molar-refractivity contribution is 9.10. The standard InChI is InChI=1S/C10H13BrN2O2/c1-6-3-4-9(8(11)5-6)15-7(2)10(14)13-12/h3-5,7H,12H2,1-2H3,(H,13,14)/t7-/m0/s1. The second-order valence-electron chi connectivity index (χ2n) is 3.20. The van der Waals surface area contributed by atoms with Gasteiger partial charge in [0.1, 0.15) is 5.75 Å². The zero-order valence-corrected chi connectivity index (χ0v) is 10.2. The highest BCUT2D eigenvalue weighted by atomic mass is 79.9. The highest BCUT2D eigenvalue weighted by Gasteiger charge is 2.14. The lowest BCUT2D eigenvalue weighted by atomic mass is 10.2. The summed E-state index contributed by atoms with van der Waals surface area (Å²) in [5, 5.41) is 0. The molecule has 1 atom stereocenters. The number of nitrogens with two attached hydrogens (primary N) is 1. The molecule has 1 amide bonds. The van der Waals surface area contributed by atoms with Crippen LogP contribution in [-0.2, 0) is 4.79 Å². The van der Waals surface area contributed by atoms with E-state index in [0.29, 0.717) is 5.75 Å². The number of hydrazine groups is 1. The fraction of sp³-hybridized carbons (Fsp3) is 0.300. The van der Waals surface area contributed by atoms with E-state index in [-0.39, 0.29) is 5.91 Å². The summed E-state index contributed by atoms with van der Waals surface area (Å²) in [7, 11) is 0. The van der Waals surface area contributed by atoms with E-state index in [9.17, 15) is 4.79 Å². The van der Waals surface area contributed by atoms with E-state index in [1.54, 1.807) is 13.0 Å². The summed E-state index contributed by atoms with van der Waals surface area (Å²) in [5.41, 5.74) is 3.15. The summed E-state index contributed by atoms with van der Waals surface area (Å²) in [5.74, 6) is 5.26. The Labute approximate surface area is 96.9 Å². The van der Waals surface area contributed by atoms with Gasteiger partial charge in [-0.3, -0.25) is 10.2 Å². The first kappa shape index (κ1) is 12.0. The molecule has 0 aliphatic heterocycles. The molecule has 0 heterocycles. The number of amides is 1. The number of halogens is 1. The van der Waals surface area contributed by atoms with Gasteiger partial charge >= 0.3 is 0 Å². The number of rotatable bonds is 3. The minimum Gasteiger partial charge on any atom is -0.480 e. The van der Waals surface area contributed by atoms with Crippen molar-refractivity contribution in [3.05, 3.63) is 28.2 Å². The summed E-state index contributed by atoms with van der Waals surface area (Å²) in [6, 6.07) is 5.63. The van der Waals surface area contributed by atoms with Crippen LogP contribution in [0.5, 0.6) is 5.75 Å². The Hall–Kier alpha value is -1.07. The van der Waals surface area contributed by atoms with E-state index in [4.69, 9.17) is 10.6 Å². The highest BCUT2D eigenvalue weighted by Crippen LogP contribution is 2.26. The predicted molar refractivity (Wildman–Crippen MR) is 61.3 cm³/mol. The van der Waals surface area contributed by atoms with Crippen molar-refractivity contribution in [2.24, 2.45) is 5.84 Å². The Kier molecular flexibility index (Phi) is 4.11. The van der Waals surface area contributed by atoms with E-state index in [2.05, 4.69) is 15.9 Å². The fourth-order valence-corrected chi connectivity index (χ4v) is 1.65. The van der Waals surface area contributed by atoms with Gasteiger partial charge in [0.05, 0.1) is 4.47 Å². The van der Waals surface area contributed by atoms with Crippen molar-refractivity contribution in [2.75, 3.05) is 0 Å². The maximum atomic E-state index is 11.1. The Balaban J connectivity index is 2.76. The van der Waals surface area contributed by atoms with Crippen LogP contribution in [0.15, 0.2) is 22.7 Å². The van der Waals surface area contributed by atoms with Gasteiger partial charge in [0.25, 0.3) is 5.91 Å². The number of ether oxygens (including phenoxy) is 1. The Morgan fingerprint density at radius 1 is 1.60 bits per heavy atom. The number of carbonyl (C=O) groups is 1. The first-order chi connectivity index (χ1) is 7.04. The zero-order chi connectivity index (χ0) is 11.4. The summed E-state index contributed by atoms with van der Waals surface area (Å²) < 4.78 is 6.23. The predicted octanol–water partition coefficient (Wildman–Crippen LogP) is 1.51. The van der Waals surface area contributed by atoms with E-state index in [1.807, 2.05) is 24.5 Å². The van der Waals surface area contributed by atoms with Gasteiger partial charge in [0.2, 0.25) is 0 Å². The molecule has 4 nitrogen and oxygen atoms in total. The average Bonchev–Trinajstić information content (AvgIpc) is 2.20. The fourth-order valence-electron chi connectivity index (χ4n) is 1.06. The topological polar surface area (TPSA) is 64.3 Å². The van der Waals surface area contributed by atoms with Crippen molar-refractivity contribution in [3.8, 4) is 5.75 Å². The van der Waals surface area contributed by atoms with Gasteiger partial charge < -0.3 is 4.74 Å². The lowest BCUT2D eigenvalue weighted by Gasteiger charge is -2.14. The quantitative estimate of drug-likeness (QED) is 0.498. The second kappa shape index (κ2) is 5.14. The Bertz CT molecular complexity index is 368. The Morgan fingerprint density at radius 3 is 2.80 bits per heavy atom. The van der Waals surface area contributed by atoms with Crippen LogP contribution in [0.25, 0.3) is 0 Å². The molecular formula is C10H13BrN2O2. The number of carbonyl (C=O) groups excluding carboxylic acids is 1. The molecule has 0 fully saturated rings. The number of hydrogen-bond donors (Lipinski definition) is 2. The molecule has 0 spiro atoms. The van der Waals surface area contributed by atoms with E-state index in [0.717, 1.165) is 10.0 Å². The first-order valence-corrected chi connectivity index (χ1v) is 5.27. The molecule has 0 saturated heterocycles. The lowest BCUT2D eigenvalue weighted by molar-refractivity contribution is -0.127. The minimum absolute atomic E-state index is 0.359. The number of aryl methyl sites for hydroxylation is 1. The molecule has 1 rings (SSSR count). The molecule has 5 heteroatoms. The third kappa shape index (κ3) is 3.21. The van der Waals surface area contributed by atoms with Gasteiger partial charge in [-0.05, 0) is 47.5 Å². The van der Waals surface area contributed by atoms with Crippen molar-refractivity contribution >= 4 is 21.8 Å². The SMILES string of the molecule is Cc1ccc(O[C@@H](C)C(=O)NN)c(Br)c1. The smallest absolute Gasteiger partial charge is 0.274 e. The third-order valence-electron chi connectivity index (χ3n) is 1.90. The van der Waals surface area contributed by atoms with E-state index >= 15 is 0 Å². The maximum absolute atomic E-state index is 11.1. The van der Waals surface area contributed by atoms with Gasteiger partial charge in [0, 0.05) is 0 Å². The molecule has 1 aromatic carbocycles. The van der Waals surface area contributed by atoms with Crippen molar-refractivity contribution < 1.29 is 9.53 Å². The van der Waals surface area contributed by atoms with Gasteiger partial charge in [-0.2, -0.15) is 0 Å². The number of nitrogens with one attached hydrogen (secondary N) is 1. The molecule has 0 bridgehead atoms. The van der Waals surface area contributed by atoms with Gasteiger partial charge in [0.15, 0.2) is 6.10 Å². The van der Waals surface area contributed by atoms with Crippen molar-refractivity contribution in [1.82, 2.24) is 5.43 Å². The molecular weight excluding hydrogens is 260 g/mol. The van der Waals surface area contributed by atoms with Crippen LogP contribution < -0.4 is 16.0 Å². The maximum Gasteiger partial charge on any atom is 0.274 e. The second-order valence-corrected chi connectivity index (χ2v) is 4.06. The molecule has 0 radical (unpaired) electrons. The Morgan fingerprint density at radius 2 is 2.27 bits per heavy atom. The molecule has 3 N–H and O–H groups in total. The summed E-state index contributed by atoms with van der Waals surface area (Å²) >= 11 is 3.36. The zero-order valence-electron chi connectivity index (χ0n) is 8.58. The average molecular weight is 273 g/mol. The molecule has 15 heavy (non-hydrogen) atoms. The van der Waals surface area contributed by atoms with E-state index in [1.165, 1.54) is 0 Å². The van der Waals surface area contributed by atoms with Crippen LogP contribution in [0, 0.1) is 6.92 Å². The van der Waals surface area contributed by atoms with Crippen molar-refractivity contribution in [3.63, 3.8) is 0 Å². The van der Waals surface area contributed by atoms with Gasteiger partial charge in [-0.1, -0.05) is 6.07 Å². The van der Waals surface area contributed by atoms with Crippen LogP contribution in [0.2, 0.25) is 0 Å². The molecule has 0 aliphatic rings. The van der Waals surface area contributed by atoms with Crippen LogP contribution in [-0.4, -0.2) is 12.0 Å². The van der Waals surface area contributed by atoms with Crippen LogP contribution in [0.3, 0.4) is 0 Å². The van der Waals surface area contributed by atoms with Crippen molar-refractivity contribution in [2.45, 2.75) is 20.0 Å². The number of benzene rings is 1. The monoisotopic (exact) mass is 272 g/mol. The first-order valence-electron chi connectivity index (χ1n) is 4.48. The molecule has 0 aromatic heterocycles. The molecule has 1 aromatic rings. The van der Waals surface area contributed by atoms with Gasteiger partial charge in [-0.25, -0.2) is 5.84 Å². The summed E-state index contributed by atoms with van der Waals surface area (Å²) in [6.07, 6.45) is -0.617. The van der Waals surface area contributed by atoms with Gasteiger partial charge in [-0.15, -0.1) is 0 Å². The molecule has 82 valence electrons. The third-order valence-corrected chi connectivity index (χ3v) is 2.52. The molecule has 0 unspecified atom stereocenters.